The Bertz CT molecular complexity index is 1240. The molecule has 3 aromatic carbocycles. The highest BCUT2D eigenvalue weighted by Gasteiger charge is 2.13. The molecule has 0 aromatic heterocycles. The van der Waals surface area contributed by atoms with Crippen LogP contribution in [0.2, 0.25) is 0 Å². The summed E-state index contributed by atoms with van der Waals surface area (Å²) in [5, 5.41) is 3.12. The van der Waals surface area contributed by atoms with Crippen LogP contribution >= 0.6 is 0 Å². The van der Waals surface area contributed by atoms with E-state index in [1.54, 1.807) is 41.6 Å². The van der Waals surface area contributed by atoms with E-state index < -0.39 is 5.82 Å². The van der Waals surface area contributed by atoms with Crippen molar-refractivity contribution in [3.05, 3.63) is 83.3 Å². The zero-order valence-electron chi connectivity index (χ0n) is 20.8. The smallest absolute Gasteiger partial charge is 0.203 e. The summed E-state index contributed by atoms with van der Waals surface area (Å²) in [4.78, 5) is 12.4. The first-order chi connectivity index (χ1) is 17.4. The van der Waals surface area contributed by atoms with Crippen molar-refractivity contribution in [3.8, 4) is 28.7 Å². The third kappa shape index (κ3) is 6.15. The van der Waals surface area contributed by atoms with Gasteiger partial charge in [0.25, 0.3) is 0 Å². The standard InChI is InChI=1S/C28H28FNO6/c1-32-24-16-20(7-6-18-14-26(34-3)28(36-5)27(15-18)35-4)22(17-25(24)33-2)30-13-12-23(31)19-8-10-21(29)11-9-19/h6-17,30H,1-5H3/b7-6-,13-12-. The number of hydrogen-bond acceptors (Lipinski definition) is 7. The molecule has 0 spiro atoms. The molecule has 0 amide bonds. The monoisotopic (exact) mass is 493 g/mol. The Morgan fingerprint density at radius 3 is 1.89 bits per heavy atom. The van der Waals surface area contributed by atoms with Crippen molar-refractivity contribution < 1.29 is 32.9 Å². The van der Waals surface area contributed by atoms with Gasteiger partial charge in [-0.05, 0) is 48.0 Å². The average molecular weight is 494 g/mol. The van der Waals surface area contributed by atoms with Gasteiger partial charge in [0.05, 0.1) is 35.5 Å². The molecular weight excluding hydrogens is 465 g/mol. The molecule has 0 aliphatic rings. The van der Waals surface area contributed by atoms with E-state index in [0.717, 1.165) is 11.1 Å². The minimum absolute atomic E-state index is 0.266. The zero-order valence-corrected chi connectivity index (χ0v) is 20.8. The van der Waals surface area contributed by atoms with Crippen LogP contribution in [0.3, 0.4) is 0 Å². The SMILES string of the molecule is COc1cc(/C=C\c2cc(OC)c(OC)c(OC)c2)c(N/C=C\C(=O)c2ccc(F)cc2)cc1OC. The maximum atomic E-state index is 13.1. The summed E-state index contributed by atoms with van der Waals surface area (Å²) in [6.45, 7) is 0. The van der Waals surface area contributed by atoms with Crippen molar-refractivity contribution in [1.29, 1.82) is 0 Å². The van der Waals surface area contributed by atoms with E-state index >= 15 is 0 Å². The lowest BCUT2D eigenvalue weighted by atomic mass is 10.1. The molecule has 0 atom stereocenters. The first-order valence-electron chi connectivity index (χ1n) is 10.9. The number of halogens is 1. The minimum atomic E-state index is -0.400. The Morgan fingerprint density at radius 1 is 0.750 bits per heavy atom. The molecule has 0 radical (unpaired) electrons. The van der Waals surface area contributed by atoms with Gasteiger partial charge in [-0.3, -0.25) is 4.79 Å². The second-order valence-corrected chi connectivity index (χ2v) is 7.44. The lowest BCUT2D eigenvalue weighted by Gasteiger charge is -2.14. The van der Waals surface area contributed by atoms with Crippen molar-refractivity contribution in [2.24, 2.45) is 0 Å². The lowest BCUT2D eigenvalue weighted by Crippen LogP contribution is -1.99. The van der Waals surface area contributed by atoms with E-state index in [0.29, 0.717) is 40.0 Å². The van der Waals surface area contributed by atoms with Gasteiger partial charge < -0.3 is 29.0 Å². The summed E-state index contributed by atoms with van der Waals surface area (Å²) in [6, 6.07) is 12.6. The van der Waals surface area contributed by atoms with Crippen LogP contribution in [0.15, 0.2) is 60.8 Å². The largest absolute Gasteiger partial charge is 0.493 e. The van der Waals surface area contributed by atoms with Crippen molar-refractivity contribution in [1.82, 2.24) is 0 Å². The molecule has 0 heterocycles. The highest BCUT2D eigenvalue weighted by atomic mass is 19.1. The van der Waals surface area contributed by atoms with Gasteiger partial charge in [-0.25, -0.2) is 4.39 Å². The number of methoxy groups -OCH3 is 5. The van der Waals surface area contributed by atoms with Crippen LogP contribution in [0.1, 0.15) is 21.5 Å². The Hall–Kier alpha value is -4.46. The number of ether oxygens (including phenoxy) is 5. The van der Waals surface area contributed by atoms with Crippen LogP contribution in [0.4, 0.5) is 10.1 Å². The Morgan fingerprint density at radius 2 is 1.33 bits per heavy atom. The Kier molecular flexibility index (Phi) is 8.94. The van der Waals surface area contributed by atoms with Gasteiger partial charge in [0.15, 0.2) is 28.8 Å². The van der Waals surface area contributed by atoms with E-state index in [1.165, 1.54) is 36.5 Å². The van der Waals surface area contributed by atoms with E-state index in [2.05, 4.69) is 5.32 Å². The summed E-state index contributed by atoms with van der Waals surface area (Å²) < 4.78 is 40.3. The first kappa shape index (κ1) is 26.2. The molecule has 0 saturated carbocycles. The fourth-order valence-corrected chi connectivity index (χ4v) is 3.46. The third-order valence-electron chi connectivity index (χ3n) is 5.30. The van der Waals surface area contributed by atoms with Crippen LogP contribution in [-0.2, 0) is 0 Å². The lowest BCUT2D eigenvalue weighted by molar-refractivity contribution is 0.104. The van der Waals surface area contributed by atoms with Crippen LogP contribution in [0.25, 0.3) is 12.2 Å². The highest BCUT2D eigenvalue weighted by Crippen LogP contribution is 2.39. The number of rotatable bonds is 11. The molecule has 8 heteroatoms. The quantitative estimate of drug-likeness (QED) is 0.204. The predicted molar refractivity (Wildman–Crippen MR) is 138 cm³/mol. The van der Waals surface area contributed by atoms with Gasteiger partial charge in [-0.15, -0.1) is 0 Å². The number of carbonyl (C=O) groups is 1. The summed E-state index contributed by atoms with van der Waals surface area (Å²) in [6.07, 6.45) is 6.64. The molecule has 0 aliphatic carbocycles. The molecule has 7 nitrogen and oxygen atoms in total. The maximum absolute atomic E-state index is 13.1. The number of carbonyl (C=O) groups excluding carboxylic acids is 1. The second kappa shape index (κ2) is 12.3. The van der Waals surface area contributed by atoms with Gasteiger partial charge in [0.2, 0.25) is 5.75 Å². The first-order valence-corrected chi connectivity index (χ1v) is 10.9. The summed E-state index contributed by atoms with van der Waals surface area (Å²) in [5.74, 6) is 1.96. The van der Waals surface area contributed by atoms with Crippen LogP contribution in [0, 0.1) is 5.82 Å². The topological polar surface area (TPSA) is 75.3 Å². The fourth-order valence-electron chi connectivity index (χ4n) is 3.46. The molecule has 1 N–H and O–H groups in total. The highest BCUT2D eigenvalue weighted by molar-refractivity contribution is 6.04. The van der Waals surface area contributed by atoms with Crippen molar-refractivity contribution in [2.45, 2.75) is 0 Å². The Labute approximate surface area is 209 Å². The van der Waals surface area contributed by atoms with Gasteiger partial charge in [-0.1, -0.05) is 12.2 Å². The molecule has 0 saturated heterocycles. The van der Waals surface area contributed by atoms with Crippen LogP contribution in [-0.4, -0.2) is 41.3 Å². The number of anilines is 1. The number of ketones is 1. The zero-order chi connectivity index (χ0) is 26.1. The molecule has 3 aromatic rings. The van der Waals surface area contributed by atoms with Gasteiger partial charge in [0, 0.05) is 35.2 Å². The van der Waals surface area contributed by atoms with Gasteiger partial charge in [0.1, 0.15) is 5.82 Å². The van der Waals surface area contributed by atoms with E-state index in [1.807, 2.05) is 30.4 Å². The molecule has 0 unspecified atom stereocenters. The minimum Gasteiger partial charge on any atom is -0.493 e. The van der Waals surface area contributed by atoms with E-state index in [4.69, 9.17) is 23.7 Å². The molecule has 0 fully saturated rings. The molecule has 36 heavy (non-hydrogen) atoms. The van der Waals surface area contributed by atoms with Crippen LogP contribution in [0.5, 0.6) is 28.7 Å². The summed E-state index contributed by atoms with van der Waals surface area (Å²) >= 11 is 0. The Balaban J connectivity index is 1.93. The molecule has 3 rings (SSSR count). The predicted octanol–water partition coefficient (Wildman–Crippen LogP) is 5.85. The van der Waals surface area contributed by atoms with Gasteiger partial charge in [-0.2, -0.15) is 0 Å². The van der Waals surface area contributed by atoms with Crippen LogP contribution < -0.4 is 29.0 Å². The summed E-state index contributed by atoms with van der Waals surface area (Å²) in [5.41, 5.74) is 2.62. The number of nitrogens with one attached hydrogen (secondary N) is 1. The number of allylic oxidation sites excluding steroid dienone is 1. The molecule has 0 aliphatic heterocycles. The molecule has 0 bridgehead atoms. The van der Waals surface area contributed by atoms with Crippen molar-refractivity contribution in [2.75, 3.05) is 40.9 Å². The molecular formula is C28H28FNO6. The third-order valence-corrected chi connectivity index (χ3v) is 5.30. The average Bonchev–Trinajstić information content (AvgIpc) is 2.91. The number of hydrogen-bond donors (Lipinski definition) is 1. The fraction of sp³-hybridized carbons (Fsp3) is 0.179. The molecule has 188 valence electrons. The van der Waals surface area contributed by atoms with E-state index in [-0.39, 0.29) is 5.78 Å². The number of benzene rings is 3. The second-order valence-electron chi connectivity index (χ2n) is 7.44. The van der Waals surface area contributed by atoms with Crippen molar-refractivity contribution in [3.63, 3.8) is 0 Å². The van der Waals surface area contributed by atoms with Crippen molar-refractivity contribution >= 4 is 23.6 Å². The maximum Gasteiger partial charge on any atom is 0.203 e. The van der Waals surface area contributed by atoms with E-state index in [9.17, 15) is 9.18 Å². The normalized spacial score (nSPS) is 10.9. The summed E-state index contributed by atoms with van der Waals surface area (Å²) in [7, 11) is 7.76. The van der Waals surface area contributed by atoms with Gasteiger partial charge >= 0.3 is 0 Å².